The Morgan fingerprint density at radius 1 is 1.43 bits per heavy atom. The number of benzene rings is 1. The second-order valence-electron chi connectivity index (χ2n) is 4.45. The SMILES string of the molecule is CC1(C)CNc2ccc(Cl)cc2SC1. The molecule has 76 valence electrons. The minimum atomic E-state index is 0.343. The van der Waals surface area contributed by atoms with Crippen molar-refractivity contribution in [3.05, 3.63) is 23.2 Å². The Hall–Kier alpha value is -0.340. The van der Waals surface area contributed by atoms with Crippen LogP contribution in [0.15, 0.2) is 23.1 Å². The lowest BCUT2D eigenvalue weighted by atomic mass is 9.96. The van der Waals surface area contributed by atoms with Crippen LogP contribution < -0.4 is 5.32 Å². The zero-order chi connectivity index (χ0) is 10.2. The highest BCUT2D eigenvalue weighted by molar-refractivity contribution is 7.99. The summed E-state index contributed by atoms with van der Waals surface area (Å²) >= 11 is 7.84. The van der Waals surface area contributed by atoms with Crippen molar-refractivity contribution in [2.24, 2.45) is 5.41 Å². The van der Waals surface area contributed by atoms with Crippen LogP contribution in [0.5, 0.6) is 0 Å². The lowest BCUT2D eigenvalue weighted by Gasteiger charge is -2.21. The van der Waals surface area contributed by atoms with Crippen LogP contribution in [0.25, 0.3) is 0 Å². The van der Waals surface area contributed by atoms with Crippen LogP contribution in [0.3, 0.4) is 0 Å². The normalized spacial score (nSPS) is 19.4. The Kier molecular flexibility index (Phi) is 2.67. The van der Waals surface area contributed by atoms with Gasteiger partial charge in [0, 0.05) is 27.9 Å². The summed E-state index contributed by atoms with van der Waals surface area (Å²) in [5.74, 6) is 1.13. The molecule has 0 fully saturated rings. The van der Waals surface area contributed by atoms with Crippen LogP contribution in [-0.4, -0.2) is 12.3 Å². The fraction of sp³-hybridized carbons (Fsp3) is 0.455. The van der Waals surface area contributed by atoms with E-state index < -0.39 is 0 Å². The van der Waals surface area contributed by atoms with E-state index in [1.54, 1.807) is 0 Å². The molecule has 0 radical (unpaired) electrons. The summed E-state index contributed by atoms with van der Waals surface area (Å²) in [6, 6.07) is 6.04. The van der Waals surface area contributed by atoms with Gasteiger partial charge >= 0.3 is 0 Å². The highest BCUT2D eigenvalue weighted by Crippen LogP contribution is 2.37. The fourth-order valence-corrected chi connectivity index (χ4v) is 2.81. The molecule has 1 aliphatic rings. The Morgan fingerprint density at radius 2 is 2.21 bits per heavy atom. The van der Waals surface area contributed by atoms with Crippen molar-refractivity contribution in [1.29, 1.82) is 0 Å². The van der Waals surface area contributed by atoms with Gasteiger partial charge in [0.2, 0.25) is 0 Å². The molecule has 0 aromatic heterocycles. The molecular weight excluding hydrogens is 214 g/mol. The first kappa shape index (κ1) is 10.2. The summed E-state index contributed by atoms with van der Waals surface area (Å²) < 4.78 is 0. The molecule has 1 aromatic rings. The number of nitrogens with one attached hydrogen (secondary N) is 1. The smallest absolute Gasteiger partial charge is 0.0479 e. The third-order valence-corrected chi connectivity index (χ3v) is 4.13. The molecule has 0 atom stereocenters. The number of thioether (sulfide) groups is 1. The molecule has 1 nitrogen and oxygen atoms in total. The van der Waals surface area contributed by atoms with Crippen LogP contribution in [0, 0.1) is 5.41 Å². The van der Waals surface area contributed by atoms with Crippen molar-refractivity contribution in [3.63, 3.8) is 0 Å². The quantitative estimate of drug-likeness (QED) is 0.722. The molecule has 3 heteroatoms. The van der Waals surface area contributed by atoms with Gasteiger partial charge in [-0.25, -0.2) is 0 Å². The van der Waals surface area contributed by atoms with Gasteiger partial charge in [-0.2, -0.15) is 0 Å². The summed E-state index contributed by atoms with van der Waals surface area (Å²) in [4.78, 5) is 1.27. The average molecular weight is 228 g/mol. The van der Waals surface area contributed by atoms with E-state index in [9.17, 15) is 0 Å². The number of rotatable bonds is 0. The molecule has 0 saturated carbocycles. The summed E-state index contributed by atoms with van der Waals surface area (Å²) in [5.41, 5.74) is 1.56. The first-order chi connectivity index (χ1) is 6.57. The maximum absolute atomic E-state index is 5.96. The Balaban J connectivity index is 2.30. The molecule has 1 aliphatic heterocycles. The number of anilines is 1. The van der Waals surface area contributed by atoms with Gasteiger partial charge in [0.15, 0.2) is 0 Å². The Bertz CT molecular complexity index is 349. The average Bonchev–Trinajstić information content (AvgIpc) is 2.26. The predicted molar refractivity (Wildman–Crippen MR) is 64.4 cm³/mol. The zero-order valence-corrected chi connectivity index (χ0v) is 10.0. The monoisotopic (exact) mass is 227 g/mol. The van der Waals surface area contributed by atoms with Gasteiger partial charge in [0.05, 0.1) is 0 Å². The van der Waals surface area contributed by atoms with Crippen LogP contribution in [-0.2, 0) is 0 Å². The minimum Gasteiger partial charge on any atom is -0.384 e. The summed E-state index contributed by atoms with van der Waals surface area (Å²) in [6.45, 7) is 5.58. The molecule has 1 heterocycles. The summed E-state index contributed by atoms with van der Waals surface area (Å²) in [6.07, 6.45) is 0. The highest BCUT2D eigenvalue weighted by atomic mass is 35.5. The largest absolute Gasteiger partial charge is 0.384 e. The lowest BCUT2D eigenvalue weighted by molar-refractivity contribution is 0.456. The standard InChI is InChI=1S/C11H14ClNS/c1-11(2)6-13-9-4-3-8(12)5-10(9)14-7-11/h3-5,13H,6-7H2,1-2H3. The van der Waals surface area contributed by atoms with E-state index >= 15 is 0 Å². The first-order valence-corrected chi connectivity index (χ1v) is 6.09. The van der Waals surface area contributed by atoms with Gasteiger partial charge in [-0.15, -0.1) is 11.8 Å². The second kappa shape index (κ2) is 3.67. The van der Waals surface area contributed by atoms with E-state index in [4.69, 9.17) is 11.6 Å². The van der Waals surface area contributed by atoms with Crippen molar-refractivity contribution in [2.45, 2.75) is 18.7 Å². The molecule has 14 heavy (non-hydrogen) atoms. The summed E-state index contributed by atoms with van der Waals surface area (Å²) in [5, 5.41) is 4.28. The van der Waals surface area contributed by atoms with Gasteiger partial charge in [-0.05, 0) is 23.6 Å². The maximum atomic E-state index is 5.96. The van der Waals surface area contributed by atoms with Crippen molar-refractivity contribution in [1.82, 2.24) is 0 Å². The van der Waals surface area contributed by atoms with E-state index in [0.29, 0.717) is 5.41 Å². The molecule has 0 saturated heterocycles. The van der Waals surface area contributed by atoms with Gasteiger partial charge in [0.1, 0.15) is 0 Å². The highest BCUT2D eigenvalue weighted by Gasteiger charge is 2.22. The fourth-order valence-electron chi connectivity index (χ4n) is 1.42. The Labute approximate surface area is 94.2 Å². The number of hydrogen-bond acceptors (Lipinski definition) is 2. The second-order valence-corrected chi connectivity index (χ2v) is 5.90. The van der Waals surface area contributed by atoms with E-state index in [1.807, 2.05) is 23.9 Å². The van der Waals surface area contributed by atoms with Crippen LogP contribution >= 0.6 is 23.4 Å². The molecule has 0 unspecified atom stereocenters. The van der Waals surface area contributed by atoms with Gasteiger partial charge in [-0.1, -0.05) is 25.4 Å². The van der Waals surface area contributed by atoms with E-state index in [1.165, 1.54) is 10.6 Å². The van der Waals surface area contributed by atoms with E-state index in [0.717, 1.165) is 17.3 Å². The number of hydrogen-bond donors (Lipinski definition) is 1. The topological polar surface area (TPSA) is 12.0 Å². The molecule has 0 amide bonds. The minimum absolute atomic E-state index is 0.343. The van der Waals surface area contributed by atoms with Gasteiger partial charge in [-0.3, -0.25) is 0 Å². The summed E-state index contributed by atoms with van der Waals surface area (Å²) in [7, 11) is 0. The molecule has 1 aromatic carbocycles. The van der Waals surface area contributed by atoms with Gasteiger partial charge < -0.3 is 5.32 Å². The predicted octanol–water partition coefficient (Wildman–Crippen LogP) is 3.88. The van der Waals surface area contributed by atoms with Crippen LogP contribution in [0.2, 0.25) is 5.02 Å². The molecule has 0 spiro atoms. The van der Waals surface area contributed by atoms with Gasteiger partial charge in [0.25, 0.3) is 0 Å². The van der Waals surface area contributed by atoms with E-state index in [2.05, 4.69) is 25.2 Å². The van der Waals surface area contributed by atoms with Crippen molar-refractivity contribution in [2.75, 3.05) is 17.6 Å². The van der Waals surface area contributed by atoms with Crippen LogP contribution in [0.1, 0.15) is 13.8 Å². The Morgan fingerprint density at radius 3 is 3.00 bits per heavy atom. The maximum Gasteiger partial charge on any atom is 0.0479 e. The molecule has 0 bridgehead atoms. The van der Waals surface area contributed by atoms with E-state index in [-0.39, 0.29) is 0 Å². The molecular formula is C11H14ClNS. The van der Waals surface area contributed by atoms with Crippen LogP contribution in [0.4, 0.5) is 5.69 Å². The molecule has 0 aliphatic carbocycles. The van der Waals surface area contributed by atoms with Crippen molar-refractivity contribution < 1.29 is 0 Å². The third kappa shape index (κ3) is 2.18. The number of halogens is 1. The first-order valence-electron chi connectivity index (χ1n) is 4.73. The van der Waals surface area contributed by atoms with Crippen molar-refractivity contribution >= 4 is 29.1 Å². The number of fused-ring (bicyclic) bond motifs is 1. The molecule has 2 rings (SSSR count). The molecule has 1 N–H and O–H groups in total. The third-order valence-electron chi connectivity index (χ3n) is 2.32. The zero-order valence-electron chi connectivity index (χ0n) is 8.43. The lowest BCUT2D eigenvalue weighted by Crippen LogP contribution is -2.23. The van der Waals surface area contributed by atoms with Crippen molar-refractivity contribution in [3.8, 4) is 0 Å².